The Morgan fingerprint density at radius 2 is 1.90 bits per heavy atom. The van der Waals surface area contributed by atoms with E-state index in [4.69, 9.17) is 5.11 Å². The van der Waals surface area contributed by atoms with Gasteiger partial charge in [0.05, 0.1) is 0 Å². The summed E-state index contributed by atoms with van der Waals surface area (Å²) in [6.45, 7) is 5.32. The van der Waals surface area contributed by atoms with Gasteiger partial charge < -0.3 is 20.2 Å². The highest BCUT2D eigenvalue weighted by molar-refractivity contribution is 5.80. The minimum absolute atomic E-state index is 0.0444. The summed E-state index contributed by atoms with van der Waals surface area (Å²) in [5.74, 6) is -0.00192. The molecule has 0 aromatic rings. The number of carboxylic acids is 1. The van der Waals surface area contributed by atoms with Crippen LogP contribution in [0.4, 0.5) is 4.79 Å². The maximum atomic E-state index is 12.3. The first-order chi connectivity index (χ1) is 9.77. The van der Waals surface area contributed by atoms with Crippen LogP contribution < -0.4 is 5.32 Å². The van der Waals surface area contributed by atoms with Crippen LogP contribution in [-0.2, 0) is 4.79 Å². The van der Waals surface area contributed by atoms with E-state index in [1.54, 1.807) is 0 Å². The summed E-state index contributed by atoms with van der Waals surface area (Å²) in [6, 6.07) is -0.209. The molecular formula is C15H29N3O3. The molecule has 1 saturated carbocycles. The number of carbonyl (C=O) groups excluding carboxylic acids is 1. The van der Waals surface area contributed by atoms with Gasteiger partial charge in [0.2, 0.25) is 0 Å². The van der Waals surface area contributed by atoms with Gasteiger partial charge in [-0.05, 0) is 45.2 Å². The van der Waals surface area contributed by atoms with Gasteiger partial charge in [0, 0.05) is 19.1 Å². The third-order valence-electron chi connectivity index (χ3n) is 3.46. The van der Waals surface area contributed by atoms with Gasteiger partial charge in [0.15, 0.2) is 0 Å². The first-order valence-electron chi connectivity index (χ1n) is 7.69. The largest absolute Gasteiger partial charge is 0.480 e. The molecule has 0 bridgehead atoms. The Morgan fingerprint density at radius 3 is 2.33 bits per heavy atom. The van der Waals surface area contributed by atoms with Gasteiger partial charge in [0.1, 0.15) is 6.54 Å². The van der Waals surface area contributed by atoms with E-state index >= 15 is 0 Å². The maximum Gasteiger partial charge on any atom is 0.323 e. The molecule has 2 amide bonds. The van der Waals surface area contributed by atoms with Gasteiger partial charge in [-0.15, -0.1) is 0 Å². The molecule has 1 fully saturated rings. The molecule has 122 valence electrons. The number of aliphatic carboxylic acids is 1. The van der Waals surface area contributed by atoms with E-state index in [1.165, 1.54) is 4.90 Å². The highest BCUT2D eigenvalue weighted by atomic mass is 16.4. The normalized spacial score (nSPS) is 16.1. The molecule has 0 aromatic carbocycles. The van der Waals surface area contributed by atoms with Crippen molar-refractivity contribution in [3.63, 3.8) is 0 Å². The van der Waals surface area contributed by atoms with Crippen molar-refractivity contribution >= 4 is 12.0 Å². The molecule has 2 N–H and O–H groups in total. The smallest absolute Gasteiger partial charge is 0.323 e. The lowest BCUT2D eigenvalue weighted by atomic mass is 10.0. The molecule has 0 saturated heterocycles. The lowest BCUT2D eigenvalue weighted by Crippen LogP contribution is -2.50. The van der Waals surface area contributed by atoms with Crippen LogP contribution in [0, 0.1) is 11.8 Å². The van der Waals surface area contributed by atoms with E-state index in [0.29, 0.717) is 18.4 Å². The topological polar surface area (TPSA) is 72.9 Å². The van der Waals surface area contributed by atoms with Crippen LogP contribution in [0.15, 0.2) is 0 Å². The van der Waals surface area contributed by atoms with Crippen LogP contribution in [0.5, 0.6) is 0 Å². The third kappa shape index (κ3) is 7.90. The van der Waals surface area contributed by atoms with Gasteiger partial charge in [-0.3, -0.25) is 4.79 Å². The zero-order chi connectivity index (χ0) is 16.0. The predicted molar refractivity (Wildman–Crippen MR) is 82.3 cm³/mol. The number of likely N-dealkylation sites (N-methyl/N-ethyl adjacent to an activating group) is 1. The van der Waals surface area contributed by atoms with Gasteiger partial charge in [-0.25, -0.2) is 4.79 Å². The fourth-order valence-electron chi connectivity index (χ4n) is 2.45. The Balaban J connectivity index is 2.58. The summed E-state index contributed by atoms with van der Waals surface area (Å²) in [5.41, 5.74) is 0. The van der Waals surface area contributed by atoms with Gasteiger partial charge >= 0.3 is 12.0 Å². The van der Waals surface area contributed by atoms with Crippen molar-refractivity contribution in [1.82, 2.24) is 15.1 Å². The minimum atomic E-state index is -0.959. The lowest BCUT2D eigenvalue weighted by Gasteiger charge is -2.28. The van der Waals surface area contributed by atoms with E-state index in [2.05, 4.69) is 19.2 Å². The Labute approximate surface area is 127 Å². The molecule has 0 heterocycles. The van der Waals surface area contributed by atoms with Crippen molar-refractivity contribution in [2.75, 3.05) is 33.7 Å². The second kappa shape index (κ2) is 8.22. The molecule has 0 spiro atoms. The number of amides is 2. The average molecular weight is 299 g/mol. The highest BCUT2D eigenvalue weighted by Gasteiger charge is 2.29. The third-order valence-corrected chi connectivity index (χ3v) is 3.46. The van der Waals surface area contributed by atoms with Crippen LogP contribution in [0.1, 0.15) is 33.1 Å². The standard InChI is InChI=1S/C15H29N3O3/c1-11(2)7-13(9-17(3)4)16-15(21)18(10-14(19)20)8-12-5-6-12/h11-13H,5-10H2,1-4H3,(H,16,21)(H,19,20). The summed E-state index contributed by atoms with van der Waals surface area (Å²) in [4.78, 5) is 26.7. The van der Waals surface area contributed by atoms with Crippen molar-refractivity contribution < 1.29 is 14.7 Å². The van der Waals surface area contributed by atoms with E-state index < -0.39 is 5.97 Å². The molecule has 1 aliphatic carbocycles. The molecule has 1 rings (SSSR count). The Hall–Kier alpha value is -1.30. The van der Waals surface area contributed by atoms with Gasteiger partial charge in [0.25, 0.3) is 0 Å². The van der Waals surface area contributed by atoms with Crippen molar-refractivity contribution in [3.05, 3.63) is 0 Å². The predicted octanol–water partition coefficient (Wildman–Crippen LogP) is 1.47. The number of hydrogen-bond donors (Lipinski definition) is 2. The number of urea groups is 1. The summed E-state index contributed by atoms with van der Waals surface area (Å²) in [5, 5.41) is 12.0. The maximum absolute atomic E-state index is 12.3. The van der Waals surface area contributed by atoms with E-state index in [-0.39, 0.29) is 18.6 Å². The molecule has 0 aliphatic heterocycles. The van der Waals surface area contributed by atoms with Crippen LogP contribution in [-0.4, -0.2) is 66.7 Å². The average Bonchev–Trinajstić information content (AvgIpc) is 3.09. The summed E-state index contributed by atoms with van der Waals surface area (Å²) < 4.78 is 0. The number of carboxylic acid groups (broad SMARTS) is 1. The fourth-order valence-corrected chi connectivity index (χ4v) is 2.45. The molecular weight excluding hydrogens is 270 g/mol. The molecule has 1 atom stereocenters. The van der Waals surface area contributed by atoms with Crippen molar-refractivity contribution in [2.24, 2.45) is 11.8 Å². The van der Waals surface area contributed by atoms with Crippen LogP contribution in [0.25, 0.3) is 0 Å². The monoisotopic (exact) mass is 299 g/mol. The molecule has 1 aliphatic rings. The van der Waals surface area contributed by atoms with Crippen molar-refractivity contribution in [3.8, 4) is 0 Å². The molecule has 1 unspecified atom stereocenters. The number of rotatable bonds is 9. The number of hydrogen-bond acceptors (Lipinski definition) is 3. The number of carbonyl (C=O) groups is 2. The van der Waals surface area contributed by atoms with E-state index in [9.17, 15) is 9.59 Å². The summed E-state index contributed by atoms with van der Waals surface area (Å²) >= 11 is 0. The van der Waals surface area contributed by atoms with Crippen molar-refractivity contribution in [1.29, 1.82) is 0 Å². The Morgan fingerprint density at radius 1 is 1.29 bits per heavy atom. The Kier molecular flexibility index (Phi) is 6.95. The van der Waals surface area contributed by atoms with Crippen molar-refractivity contribution in [2.45, 2.75) is 39.2 Å². The lowest BCUT2D eigenvalue weighted by molar-refractivity contribution is -0.137. The van der Waals surface area contributed by atoms with E-state index in [0.717, 1.165) is 25.8 Å². The van der Waals surface area contributed by atoms with Crippen LogP contribution >= 0.6 is 0 Å². The fraction of sp³-hybridized carbons (Fsp3) is 0.867. The molecule has 6 heteroatoms. The molecule has 21 heavy (non-hydrogen) atoms. The van der Waals surface area contributed by atoms with Gasteiger partial charge in [-0.1, -0.05) is 13.8 Å². The molecule has 0 aromatic heterocycles. The summed E-state index contributed by atoms with van der Waals surface area (Å²) in [7, 11) is 3.94. The Bertz CT molecular complexity index is 344. The molecule has 0 radical (unpaired) electrons. The van der Waals surface area contributed by atoms with Crippen LogP contribution in [0.3, 0.4) is 0 Å². The number of nitrogens with one attached hydrogen (secondary N) is 1. The second-order valence-electron chi connectivity index (χ2n) is 6.76. The van der Waals surface area contributed by atoms with Crippen LogP contribution in [0.2, 0.25) is 0 Å². The zero-order valence-corrected chi connectivity index (χ0v) is 13.6. The number of nitrogens with zero attached hydrogens (tertiary/aromatic N) is 2. The van der Waals surface area contributed by atoms with E-state index in [1.807, 2.05) is 19.0 Å². The first kappa shape index (κ1) is 17.8. The molecule has 6 nitrogen and oxygen atoms in total. The zero-order valence-electron chi connectivity index (χ0n) is 13.6. The highest BCUT2D eigenvalue weighted by Crippen LogP contribution is 2.29. The minimum Gasteiger partial charge on any atom is -0.480 e. The summed E-state index contributed by atoms with van der Waals surface area (Å²) in [6.07, 6.45) is 3.07. The first-order valence-corrected chi connectivity index (χ1v) is 7.69. The van der Waals surface area contributed by atoms with Gasteiger partial charge in [-0.2, -0.15) is 0 Å². The quantitative estimate of drug-likeness (QED) is 0.676. The second-order valence-corrected chi connectivity index (χ2v) is 6.76. The SMILES string of the molecule is CC(C)CC(CN(C)C)NC(=O)N(CC(=O)O)CC1CC1.